The summed E-state index contributed by atoms with van der Waals surface area (Å²) in [5, 5.41) is 0.706. The molecule has 0 bridgehead atoms. The summed E-state index contributed by atoms with van der Waals surface area (Å²) >= 11 is 6.32. The van der Waals surface area contributed by atoms with E-state index < -0.39 is 0 Å². The van der Waals surface area contributed by atoms with Gasteiger partial charge in [0.25, 0.3) is 0 Å². The van der Waals surface area contributed by atoms with Crippen LogP contribution in [0.5, 0.6) is 0 Å². The number of hydrogen-bond acceptors (Lipinski definition) is 3. The van der Waals surface area contributed by atoms with Crippen LogP contribution in [0.2, 0.25) is 5.02 Å². The lowest BCUT2D eigenvalue weighted by Crippen LogP contribution is -2.38. The monoisotopic (exact) mass is 552 g/mol. The number of hydrogen-bond donors (Lipinski definition) is 0. The molecule has 0 radical (unpaired) electrons. The van der Waals surface area contributed by atoms with Gasteiger partial charge in [0.05, 0.1) is 12.7 Å². The average molecular weight is 553 g/mol. The lowest BCUT2D eigenvalue weighted by atomic mass is 9.90. The van der Waals surface area contributed by atoms with E-state index in [-0.39, 0.29) is 6.04 Å². The van der Waals surface area contributed by atoms with Gasteiger partial charge in [0.15, 0.2) is 0 Å². The van der Waals surface area contributed by atoms with Crippen LogP contribution in [0, 0.1) is 0 Å². The molecule has 4 heteroatoms. The van der Waals surface area contributed by atoms with Crippen molar-refractivity contribution in [2.75, 3.05) is 16.5 Å². The highest BCUT2D eigenvalue weighted by Crippen LogP contribution is 2.48. The van der Waals surface area contributed by atoms with Crippen molar-refractivity contribution in [3.05, 3.63) is 167 Å². The number of para-hydroxylation sites is 2. The molecule has 7 rings (SSSR count). The van der Waals surface area contributed by atoms with Crippen LogP contribution in [-0.2, 0) is 6.54 Å². The highest BCUT2D eigenvalue weighted by Gasteiger charge is 2.37. The fourth-order valence-electron chi connectivity index (χ4n) is 5.87. The number of benzene rings is 5. The first-order chi connectivity index (χ1) is 20.3. The third-order valence-electron chi connectivity index (χ3n) is 7.77. The number of fused-ring (bicyclic) bond motifs is 1. The number of anilines is 2. The Labute approximate surface area is 245 Å². The molecule has 1 unspecified atom stereocenters. The number of rotatable bonds is 5. The van der Waals surface area contributed by atoms with Crippen molar-refractivity contribution in [2.45, 2.75) is 12.6 Å². The van der Waals surface area contributed by atoms with Crippen LogP contribution >= 0.6 is 11.6 Å². The second-order valence-corrected chi connectivity index (χ2v) is 10.8. The molecule has 0 saturated heterocycles. The largest absolute Gasteiger partial charge is 0.455 e. The maximum absolute atomic E-state index is 6.96. The summed E-state index contributed by atoms with van der Waals surface area (Å²) in [4.78, 5) is 4.94. The van der Waals surface area contributed by atoms with E-state index in [0.29, 0.717) is 18.2 Å². The summed E-state index contributed by atoms with van der Waals surface area (Å²) < 4.78 is 6.96. The third-order valence-corrected chi connectivity index (χ3v) is 8.02. The topological polar surface area (TPSA) is 19.6 Å². The molecular weight excluding hydrogens is 524 g/mol. The van der Waals surface area contributed by atoms with E-state index >= 15 is 0 Å². The molecule has 6 aromatic rings. The number of halogens is 1. The van der Waals surface area contributed by atoms with Gasteiger partial charge < -0.3 is 14.2 Å². The smallest absolute Gasteiger partial charge is 0.140 e. The second-order valence-electron chi connectivity index (χ2n) is 10.3. The van der Waals surface area contributed by atoms with Crippen LogP contribution in [0.15, 0.2) is 150 Å². The molecule has 1 aromatic heterocycles. The van der Waals surface area contributed by atoms with Crippen molar-refractivity contribution in [1.29, 1.82) is 0 Å². The van der Waals surface area contributed by atoms with Gasteiger partial charge >= 0.3 is 0 Å². The first kappa shape index (κ1) is 25.3. The van der Waals surface area contributed by atoms with E-state index in [2.05, 4.69) is 137 Å². The quantitative estimate of drug-likeness (QED) is 0.212. The van der Waals surface area contributed by atoms with Gasteiger partial charge in [-0.25, -0.2) is 0 Å². The van der Waals surface area contributed by atoms with Crippen LogP contribution in [-0.4, -0.2) is 6.67 Å². The van der Waals surface area contributed by atoms with E-state index in [4.69, 9.17) is 16.0 Å². The third kappa shape index (κ3) is 4.90. The lowest BCUT2D eigenvalue weighted by molar-refractivity contribution is 0.582. The average Bonchev–Trinajstić information content (AvgIpc) is 3.31. The Bertz CT molecular complexity index is 1730. The van der Waals surface area contributed by atoms with E-state index in [1.54, 1.807) is 0 Å². The van der Waals surface area contributed by atoms with Gasteiger partial charge in [0, 0.05) is 45.2 Å². The Kier molecular flexibility index (Phi) is 6.80. The van der Waals surface area contributed by atoms with Crippen LogP contribution in [0.1, 0.15) is 22.7 Å². The molecule has 1 aliphatic rings. The summed E-state index contributed by atoms with van der Waals surface area (Å²) in [5.41, 5.74) is 7.98. The molecule has 41 heavy (non-hydrogen) atoms. The fourth-order valence-corrected chi connectivity index (χ4v) is 5.99. The predicted molar refractivity (Wildman–Crippen MR) is 169 cm³/mol. The first-order valence-corrected chi connectivity index (χ1v) is 14.3. The normalized spacial score (nSPS) is 14.9. The molecular formula is C37H29ClN2O. The Morgan fingerprint density at radius 3 is 1.73 bits per heavy atom. The summed E-state index contributed by atoms with van der Waals surface area (Å²) in [6.45, 7) is 1.40. The predicted octanol–water partition coefficient (Wildman–Crippen LogP) is 9.84. The molecule has 1 aliphatic heterocycles. The van der Waals surface area contributed by atoms with Crippen molar-refractivity contribution >= 4 is 23.0 Å². The van der Waals surface area contributed by atoms with Gasteiger partial charge in [0.2, 0.25) is 0 Å². The Balaban J connectivity index is 1.55. The summed E-state index contributed by atoms with van der Waals surface area (Å²) in [6, 6.07) is 50.5. The zero-order chi connectivity index (χ0) is 27.6. The minimum Gasteiger partial charge on any atom is -0.455 e. The summed E-state index contributed by atoms with van der Waals surface area (Å²) in [5.74, 6) is 1.78. The Morgan fingerprint density at radius 2 is 1.10 bits per heavy atom. The molecule has 0 aliphatic carbocycles. The molecule has 3 nitrogen and oxygen atoms in total. The van der Waals surface area contributed by atoms with Gasteiger partial charge in [-0.3, -0.25) is 0 Å². The van der Waals surface area contributed by atoms with Gasteiger partial charge in [-0.15, -0.1) is 0 Å². The highest BCUT2D eigenvalue weighted by molar-refractivity contribution is 6.30. The highest BCUT2D eigenvalue weighted by atomic mass is 35.5. The van der Waals surface area contributed by atoms with Crippen LogP contribution < -0.4 is 9.80 Å². The van der Waals surface area contributed by atoms with Gasteiger partial charge in [-0.05, 0) is 54.1 Å². The van der Waals surface area contributed by atoms with Crippen molar-refractivity contribution in [1.82, 2.24) is 0 Å². The Hall–Kier alpha value is -4.73. The number of nitrogens with zero attached hydrogens (tertiary/aromatic N) is 2. The van der Waals surface area contributed by atoms with E-state index in [9.17, 15) is 0 Å². The molecule has 200 valence electrons. The summed E-state index contributed by atoms with van der Waals surface area (Å²) in [7, 11) is 0. The fraction of sp³-hybridized carbons (Fsp3) is 0.0811. The molecule has 5 aromatic carbocycles. The van der Waals surface area contributed by atoms with Crippen molar-refractivity contribution in [3.63, 3.8) is 0 Å². The van der Waals surface area contributed by atoms with Crippen molar-refractivity contribution in [3.8, 4) is 22.6 Å². The molecule has 0 amide bonds. The second kappa shape index (κ2) is 11.0. The van der Waals surface area contributed by atoms with Crippen LogP contribution in [0.4, 0.5) is 11.4 Å². The molecule has 2 heterocycles. The molecule has 0 saturated carbocycles. The molecule has 0 fully saturated rings. The summed E-state index contributed by atoms with van der Waals surface area (Å²) in [6.07, 6.45) is 0. The first-order valence-electron chi connectivity index (χ1n) is 13.9. The van der Waals surface area contributed by atoms with Gasteiger partial charge in [-0.2, -0.15) is 0 Å². The van der Waals surface area contributed by atoms with Crippen LogP contribution in [0.3, 0.4) is 0 Å². The number of furan rings is 1. The van der Waals surface area contributed by atoms with Crippen molar-refractivity contribution < 1.29 is 4.42 Å². The van der Waals surface area contributed by atoms with E-state index in [0.717, 1.165) is 34.0 Å². The maximum Gasteiger partial charge on any atom is 0.140 e. The molecule has 0 spiro atoms. The van der Waals surface area contributed by atoms with Crippen molar-refractivity contribution in [2.24, 2.45) is 0 Å². The zero-order valence-electron chi connectivity index (χ0n) is 22.5. The molecule has 1 atom stereocenters. The van der Waals surface area contributed by atoms with Gasteiger partial charge in [-0.1, -0.05) is 109 Å². The lowest BCUT2D eigenvalue weighted by Gasteiger charge is -2.36. The standard InChI is InChI=1S/C37H29ClN2O/c38-30-23-21-29(22-24-30)36-33-25-39(31-17-9-3-10-18-31)26-40(32-19-11-4-12-20-32)35(27-13-5-1-6-14-27)34(33)37(41-36)28-15-7-2-8-16-28/h1-24,35H,25-26H2. The maximum atomic E-state index is 6.96. The molecule has 0 N–H and O–H groups in total. The van der Waals surface area contributed by atoms with E-state index in [1.807, 2.05) is 18.2 Å². The van der Waals surface area contributed by atoms with E-state index in [1.165, 1.54) is 16.7 Å². The zero-order valence-corrected chi connectivity index (χ0v) is 23.3. The Morgan fingerprint density at radius 1 is 0.561 bits per heavy atom. The minimum atomic E-state index is -0.0812. The van der Waals surface area contributed by atoms with Gasteiger partial charge in [0.1, 0.15) is 11.5 Å². The van der Waals surface area contributed by atoms with Crippen LogP contribution in [0.25, 0.3) is 22.6 Å². The minimum absolute atomic E-state index is 0.0812. The SMILES string of the molecule is Clc1ccc(-c2oc(-c3ccccc3)c3c2CN(c2ccccc2)CN(c2ccccc2)C3c2ccccc2)cc1.